The van der Waals surface area contributed by atoms with E-state index in [1.807, 2.05) is 19.9 Å². The van der Waals surface area contributed by atoms with E-state index in [1.54, 1.807) is 36.4 Å². The highest BCUT2D eigenvalue weighted by molar-refractivity contribution is 5.93. The maximum absolute atomic E-state index is 12.0. The lowest BCUT2D eigenvalue weighted by molar-refractivity contribution is -0.146. The lowest BCUT2D eigenvalue weighted by Crippen LogP contribution is -2.21. The van der Waals surface area contributed by atoms with Crippen molar-refractivity contribution in [1.29, 1.82) is 5.26 Å². The first-order valence-electron chi connectivity index (χ1n) is 8.89. The molecule has 0 saturated heterocycles. The number of hydrogen-bond donors (Lipinski definition) is 1. The van der Waals surface area contributed by atoms with E-state index in [1.165, 1.54) is 6.07 Å². The number of nitriles is 1. The van der Waals surface area contributed by atoms with Crippen LogP contribution in [0.25, 0.3) is 0 Å². The Bertz CT molecular complexity index is 873. The van der Waals surface area contributed by atoms with Crippen molar-refractivity contribution in [1.82, 2.24) is 0 Å². The molecule has 7 nitrogen and oxygen atoms in total. The predicted molar refractivity (Wildman–Crippen MR) is 103 cm³/mol. The van der Waals surface area contributed by atoms with Crippen molar-refractivity contribution >= 4 is 17.6 Å². The first-order chi connectivity index (χ1) is 13.5. The van der Waals surface area contributed by atoms with E-state index in [0.717, 1.165) is 0 Å². The minimum absolute atomic E-state index is 0.00365. The molecule has 0 aliphatic heterocycles. The van der Waals surface area contributed by atoms with Gasteiger partial charge >= 0.3 is 5.97 Å². The van der Waals surface area contributed by atoms with Crippen LogP contribution in [0, 0.1) is 11.3 Å². The zero-order chi connectivity index (χ0) is 20.4. The van der Waals surface area contributed by atoms with Crippen LogP contribution in [0.2, 0.25) is 0 Å². The average molecular weight is 382 g/mol. The van der Waals surface area contributed by atoms with Gasteiger partial charge in [0.15, 0.2) is 18.1 Å². The molecule has 2 aromatic rings. The zero-order valence-electron chi connectivity index (χ0n) is 15.9. The molecule has 146 valence electrons. The van der Waals surface area contributed by atoms with Gasteiger partial charge < -0.3 is 19.5 Å². The molecule has 0 spiro atoms. The molecule has 0 bridgehead atoms. The molecule has 0 radical (unpaired) electrons. The Morgan fingerprint density at radius 3 is 2.50 bits per heavy atom. The Morgan fingerprint density at radius 2 is 1.79 bits per heavy atom. The number of benzene rings is 2. The van der Waals surface area contributed by atoms with E-state index >= 15 is 0 Å². The molecule has 28 heavy (non-hydrogen) atoms. The second-order valence-corrected chi connectivity index (χ2v) is 5.73. The van der Waals surface area contributed by atoms with E-state index in [2.05, 4.69) is 5.32 Å². The number of anilines is 1. The largest absolute Gasteiger partial charge is 0.490 e. The molecule has 0 unspecified atom stereocenters. The van der Waals surface area contributed by atoms with Crippen LogP contribution in [0.3, 0.4) is 0 Å². The minimum atomic E-state index is -0.535. The normalized spacial score (nSPS) is 9.89. The molecule has 2 aromatic carbocycles. The fraction of sp³-hybridized carbons (Fsp3) is 0.286. The molecule has 1 amide bonds. The summed E-state index contributed by atoms with van der Waals surface area (Å²) in [6, 6.07) is 13.7. The molecule has 7 heteroatoms. The van der Waals surface area contributed by atoms with Gasteiger partial charge in [0.05, 0.1) is 31.3 Å². The third-order valence-electron chi connectivity index (χ3n) is 3.60. The lowest BCUT2D eigenvalue weighted by atomic mass is 10.1. The maximum Gasteiger partial charge on any atom is 0.310 e. The van der Waals surface area contributed by atoms with Gasteiger partial charge in [-0.25, -0.2) is 0 Å². The summed E-state index contributed by atoms with van der Waals surface area (Å²) in [5, 5.41) is 11.4. The first-order valence-corrected chi connectivity index (χ1v) is 8.89. The Balaban J connectivity index is 1.88. The van der Waals surface area contributed by atoms with Crippen molar-refractivity contribution in [3.8, 4) is 17.6 Å². The minimum Gasteiger partial charge on any atom is -0.490 e. The predicted octanol–water partition coefficient (Wildman–Crippen LogP) is 3.08. The Kier molecular flexibility index (Phi) is 7.85. The van der Waals surface area contributed by atoms with Crippen molar-refractivity contribution in [3.63, 3.8) is 0 Å². The van der Waals surface area contributed by atoms with Gasteiger partial charge in [0, 0.05) is 5.69 Å². The number of esters is 1. The van der Waals surface area contributed by atoms with Gasteiger partial charge in [-0.15, -0.1) is 0 Å². The number of carbonyl (C=O) groups is 2. The zero-order valence-corrected chi connectivity index (χ0v) is 15.9. The quantitative estimate of drug-likeness (QED) is 0.670. The second kappa shape index (κ2) is 10.6. The topological polar surface area (TPSA) is 97.6 Å². The van der Waals surface area contributed by atoms with E-state index in [9.17, 15) is 9.59 Å². The van der Waals surface area contributed by atoms with Crippen molar-refractivity contribution in [3.05, 3.63) is 53.6 Å². The van der Waals surface area contributed by atoms with Crippen molar-refractivity contribution in [2.75, 3.05) is 25.1 Å². The Labute approximate surface area is 163 Å². The first kappa shape index (κ1) is 20.8. The number of nitrogens with one attached hydrogen (secondary N) is 1. The summed E-state index contributed by atoms with van der Waals surface area (Å²) in [6.07, 6.45) is 0.00365. The third-order valence-corrected chi connectivity index (χ3v) is 3.60. The van der Waals surface area contributed by atoms with E-state index in [0.29, 0.717) is 41.5 Å². The number of hydrogen-bond acceptors (Lipinski definition) is 6. The summed E-state index contributed by atoms with van der Waals surface area (Å²) in [6.45, 7) is 4.31. The summed E-state index contributed by atoms with van der Waals surface area (Å²) < 4.78 is 16.0. The molecule has 0 saturated carbocycles. The maximum atomic E-state index is 12.0. The summed E-state index contributed by atoms with van der Waals surface area (Å²) in [7, 11) is 0. The lowest BCUT2D eigenvalue weighted by Gasteiger charge is -2.12. The van der Waals surface area contributed by atoms with Gasteiger partial charge in [-0.05, 0) is 49.7 Å². The van der Waals surface area contributed by atoms with Crippen LogP contribution in [-0.4, -0.2) is 31.7 Å². The highest BCUT2D eigenvalue weighted by Crippen LogP contribution is 2.28. The van der Waals surface area contributed by atoms with Gasteiger partial charge in [0.1, 0.15) is 0 Å². The molecule has 0 aliphatic carbocycles. The van der Waals surface area contributed by atoms with Gasteiger partial charge in [0.2, 0.25) is 0 Å². The summed E-state index contributed by atoms with van der Waals surface area (Å²) in [5.41, 5.74) is 1.59. The Hall–Kier alpha value is -3.53. The standard InChI is InChI=1S/C21H22N2O5/c1-3-26-18-9-8-15(11-19(18)27-4-2)12-21(25)28-14-20(24)23-17-7-5-6-16(10-17)13-22/h5-11H,3-4,12,14H2,1-2H3,(H,23,24). The van der Waals surface area contributed by atoms with Gasteiger partial charge in [-0.2, -0.15) is 5.26 Å². The number of amides is 1. The van der Waals surface area contributed by atoms with Crippen molar-refractivity contribution < 1.29 is 23.8 Å². The smallest absolute Gasteiger partial charge is 0.310 e. The number of nitrogens with zero attached hydrogens (tertiary/aromatic N) is 1. The van der Waals surface area contributed by atoms with Crippen molar-refractivity contribution in [2.24, 2.45) is 0 Å². The van der Waals surface area contributed by atoms with E-state index < -0.39 is 18.5 Å². The molecular weight excluding hydrogens is 360 g/mol. The van der Waals surface area contributed by atoms with Gasteiger partial charge in [0.25, 0.3) is 5.91 Å². The van der Waals surface area contributed by atoms with Gasteiger partial charge in [-0.1, -0.05) is 12.1 Å². The van der Waals surface area contributed by atoms with Crippen LogP contribution in [0.15, 0.2) is 42.5 Å². The summed E-state index contributed by atoms with van der Waals surface area (Å²) in [5.74, 6) is 0.155. The van der Waals surface area contributed by atoms with Crippen LogP contribution >= 0.6 is 0 Å². The van der Waals surface area contributed by atoms with Crippen LogP contribution in [-0.2, 0) is 20.7 Å². The van der Waals surface area contributed by atoms with Crippen LogP contribution in [0.5, 0.6) is 11.5 Å². The molecule has 1 N–H and O–H groups in total. The molecular formula is C21H22N2O5. The third kappa shape index (κ3) is 6.32. The molecule has 0 fully saturated rings. The van der Waals surface area contributed by atoms with Crippen molar-refractivity contribution in [2.45, 2.75) is 20.3 Å². The summed E-state index contributed by atoms with van der Waals surface area (Å²) >= 11 is 0. The summed E-state index contributed by atoms with van der Waals surface area (Å²) in [4.78, 5) is 23.9. The fourth-order valence-corrected chi connectivity index (χ4v) is 2.43. The molecule has 0 aliphatic rings. The SMILES string of the molecule is CCOc1ccc(CC(=O)OCC(=O)Nc2cccc(C#N)c2)cc1OCC. The molecule has 0 atom stereocenters. The highest BCUT2D eigenvalue weighted by Gasteiger charge is 2.12. The van der Waals surface area contributed by atoms with E-state index in [-0.39, 0.29) is 6.42 Å². The fourth-order valence-electron chi connectivity index (χ4n) is 2.43. The van der Waals surface area contributed by atoms with Gasteiger partial charge in [-0.3, -0.25) is 9.59 Å². The number of carbonyl (C=O) groups excluding carboxylic acids is 2. The highest BCUT2D eigenvalue weighted by atomic mass is 16.5. The molecule has 0 aromatic heterocycles. The van der Waals surface area contributed by atoms with Crippen LogP contribution in [0.1, 0.15) is 25.0 Å². The van der Waals surface area contributed by atoms with E-state index in [4.69, 9.17) is 19.5 Å². The number of rotatable bonds is 9. The van der Waals surface area contributed by atoms with Crippen LogP contribution < -0.4 is 14.8 Å². The molecule has 0 heterocycles. The Morgan fingerprint density at radius 1 is 1.04 bits per heavy atom. The monoisotopic (exact) mass is 382 g/mol. The second-order valence-electron chi connectivity index (χ2n) is 5.73. The number of ether oxygens (including phenoxy) is 3. The average Bonchev–Trinajstić information content (AvgIpc) is 2.69. The van der Waals surface area contributed by atoms with Crippen LogP contribution in [0.4, 0.5) is 5.69 Å². The molecule has 2 rings (SSSR count).